The number of benzene rings is 1. The summed E-state index contributed by atoms with van der Waals surface area (Å²) in [5.74, 6) is -0.889. The number of pyridine rings is 1. The van der Waals surface area contributed by atoms with Crippen molar-refractivity contribution in [3.63, 3.8) is 0 Å². The molecule has 1 N–H and O–H groups in total. The van der Waals surface area contributed by atoms with Crippen LogP contribution in [0.3, 0.4) is 0 Å². The molecule has 0 radical (unpaired) electrons. The van der Waals surface area contributed by atoms with Crippen molar-refractivity contribution in [1.82, 2.24) is 29.7 Å². The van der Waals surface area contributed by atoms with Crippen molar-refractivity contribution in [2.75, 3.05) is 5.32 Å². The molecule has 11 heteroatoms. The van der Waals surface area contributed by atoms with Crippen LogP contribution in [0, 0.1) is 5.92 Å². The molecule has 3 aromatic heterocycles. The summed E-state index contributed by atoms with van der Waals surface area (Å²) >= 11 is 0. The molecule has 184 valence electrons. The molecule has 1 aromatic carbocycles. The normalized spacial score (nSPS) is 14.4. The van der Waals surface area contributed by atoms with Gasteiger partial charge in [0, 0.05) is 30.2 Å². The molecule has 0 aliphatic heterocycles. The van der Waals surface area contributed by atoms with Crippen LogP contribution < -0.4 is 5.32 Å². The third kappa shape index (κ3) is 4.95. The van der Waals surface area contributed by atoms with Gasteiger partial charge in [0.25, 0.3) is 11.9 Å². The summed E-state index contributed by atoms with van der Waals surface area (Å²) in [5, 5.41) is 6.99. The number of alkyl halides is 3. The molecule has 1 aliphatic rings. The SMILES string of the molecule is CC(c1ncn(-c2ncccn2)n1)c1c(NC(=O)c2ccccn2)ccc(CC2CC2)c1C(F)(F)F. The van der Waals surface area contributed by atoms with Gasteiger partial charge in [-0.15, -0.1) is 5.10 Å². The zero-order valence-electron chi connectivity index (χ0n) is 19.3. The first kappa shape index (κ1) is 23.6. The molecule has 8 nitrogen and oxygen atoms in total. The van der Waals surface area contributed by atoms with Crippen LogP contribution in [0.5, 0.6) is 0 Å². The molecule has 3 heterocycles. The van der Waals surface area contributed by atoms with Gasteiger partial charge in [-0.2, -0.15) is 17.9 Å². The number of halogens is 3. The van der Waals surface area contributed by atoms with Crippen LogP contribution in [0.4, 0.5) is 18.9 Å². The average molecular weight is 493 g/mol. The molecule has 1 aliphatic carbocycles. The molecule has 1 saturated carbocycles. The number of anilines is 1. The predicted octanol–water partition coefficient (Wildman–Crippen LogP) is 4.83. The molecule has 1 unspecified atom stereocenters. The lowest BCUT2D eigenvalue weighted by Gasteiger charge is -2.24. The van der Waals surface area contributed by atoms with E-state index in [0.29, 0.717) is 6.42 Å². The zero-order valence-corrected chi connectivity index (χ0v) is 19.3. The van der Waals surface area contributed by atoms with E-state index < -0.39 is 23.6 Å². The first-order valence-corrected chi connectivity index (χ1v) is 11.5. The number of nitrogens with one attached hydrogen (secondary N) is 1. The minimum absolute atomic E-state index is 0.0392. The van der Waals surface area contributed by atoms with E-state index in [1.807, 2.05) is 0 Å². The summed E-state index contributed by atoms with van der Waals surface area (Å²) in [6.07, 6.45) is 3.35. The summed E-state index contributed by atoms with van der Waals surface area (Å²) in [6, 6.07) is 9.39. The smallest absolute Gasteiger partial charge is 0.320 e. The van der Waals surface area contributed by atoms with E-state index in [0.717, 1.165) is 12.8 Å². The molecule has 5 rings (SSSR count). The number of carbonyl (C=O) groups excluding carboxylic acids is 1. The fourth-order valence-electron chi connectivity index (χ4n) is 4.15. The number of carbonyl (C=O) groups is 1. The highest BCUT2D eigenvalue weighted by Crippen LogP contribution is 2.45. The second kappa shape index (κ2) is 9.48. The maximum Gasteiger partial charge on any atom is 0.417 e. The van der Waals surface area contributed by atoms with Gasteiger partial charge >= 0.3 is 6.18 Å². The van der Waals surface area contributed by atoms with Crippen LogP contribution in [-0.4, -0.2) is 35.6 Å². The van der Waals surface area contributed by atoms with E-state index >= 15 is 0 Å². The largest absolute Gasteiger partial charge is 0.417 e. The highest BCUT2D eigenvalue weighted by molar-refractivity contribution is 6.03. The molecule has 1 atom stereocenters. The highest BCUT2D eigenvalue weighted by Gasteiger charge is 2.40. The highest BCUT2D eigenvalue weighted by atomic mass is 19.4. The van der Waals surface area contributed by atoms with Gasteiger partial charge in [0.05, 0.1) is 5.56 Å². The molecule has 0 saturated heterocycles. The van der Waals surface area contributed by atoms with Crippen LogP contribution in [0.1, 0.15) is 58.7 Å². The fraction of sp³-hybridized carbons (Fsp3) is 0.280. The third-order valence-corrected chi connectivity index (χ3v) is 6.05. The van der Waals surface area contributed by atoms with E-state index in [4.69, 9.17) is 0 Å². The quantitative estimate of drug-likeness (QED) is 0.396. The average Bonchev–Trinajstić information content (AvgIpc) is 3.55. The predicted molar refractivity (Wildman–Crippen MR) is 125 cm³/mol. The number of rotatable bonds is 7. The standard InChI is InChI=1S/C25H22F3N7O/c1-15(22-32-14-35(34-22)24-30-11-4-12-31-24)20-18(33-23(36)19-5-2-3-10-29-19)9-8-17(13-16-6-7-16)21(20)25(26,27)28/h2-5,8-12,14-16H,6-7,13H2,1H3,(H,33,36). The Bertz CT molecular complexity index is 1370. The summed E-state index contributed by atoms with van der Waals surface area (Å²) < 4.78 is 45.0. The Labute approximate surface area is 204 Å². The van der Waals surface area contributed by atoms with Gasteiger partial charge in [-0.05, 0) is 60.6 Å². The third-order valence-electron chi connectivity index (χ3n) is 6.05. The second-order valence-electron chi connectivity index (χ2n) is 8.69. The summed E-state index contributed by atoms with van der Waals surface area (Å²) in [4.78, 5) is 29.3. The Hall–Kier alpha value is -4.15. The lowest BCUT2D eigenvalue weighted by Crippen LogP contribution is -2.21. The topological polar surface area (TPSA) is 98.5 Å². The second-order valence-corrected chi connectivity index (χ2v) is 8.69. The van der Waals surface area contributed by atoms with Crippen molar-refractivity contribution in [2.24, 2.45) is 5.92 Å². The minimum Gasteiger partial charge on any atom is -0.320 e. The molecule has 0 bridgehead atoms. The Morgan fingerprint density at radius 1 is 1.06 bits per heavy atom. The molecular weight excluding hydrogens is 471 g/mol. The van der Waals surface area contributed by atoms with Gasteiger partial charge in [0.15, 0.2) is 5.82 Å². The summed E-state index contributed by atoms with van der Waals surface area (Å²) in [7, 11) is 0. The zero-order chi connectivity index (χ0) is 25.3. The monoisotopic (exact) mass is 493 g/mol. The van der Waals surface area contributed by atoms with Crippen LogP contribution in [0.2, 0.25) is 0 Å². The maximum absolute atomic E-state index is 14.6. The minimum atomic E-state index is -4.65. The van der Waals surface area contributed by atoms with Crippen LogP contribution in [-0.2, 0) is 12.6 Å². The molecule has 1 fully saturated rings. The lowest BCUT2D eigenvalue weighted by atomic mass is 9.87. The number of hydrogen-bond acceptors (Lipinski definition) is 6. The van der Waals surface area contributed by atoms with Crippen LogP contribution in [0.25, 0.3) is 5.95 Å². The molecule has 0 spiro atoms. The Morgan fingerprint density at radius 2 is 1.81 bits per heavy atom. The van der Waals surface area contributed by atoms with Gasteiger partial charge in [-0.3, -0.25) is 9.78 Å². The van der Waals surface area contributed by atoms with Crippen LogP contribution >= 0.6 is 0 Å². The first-order chi connectivity index (χ1) is 17.3. The van der Waals surface area contributed by atoms with Gasteiger partial charge in [-0.25, -0.2) is 15.0 Å². The lowest BCUT2D eigenvalue weighted by molar-refractivity contribution is -0.138. The van der Waals surface area contributed by atoms with Gasteiger partial charge in [-0.1, -0.05) is 19.1 Å². The van der Waals surface area contributed by atoms with E-state index in [1.165, 1.54) is 47.8 Å². The van der Waals surface area contributed by atoms with Crippen molar-refractivity contribution in [2.45, 2.75) is 38.3 Å². The summed E-state index contributed by atoms with van der Waals surface area (Å²) in [6.45, 7) is 1.59. The van der Waals surface area contributed by atoms with Crippen molar-refractivity contribution in [3.8, 4) is 5.95 Å². The van der Waals surface area contributed by atoms with E-state index in [1.54, 1.807) is 25.1 Å². The number of hydrogen-bond donors (Lipinski definition) is 1. The van der Waals surface area contributed by atoms with Crippen molar-refractivity contribution in [1.29, 1.82) is 0 Å². The van der Waals surface area contributed by atoms with Gasteiger partial charge < -0.3 is 5.32 Å². The van der Waals surface area contributed by atoms with E-state index in [-0.39, 0.29) is 40.2 Å². The molecule has 1 amide bonds. The van der Waals surface area contributed by atoms with E-state index in [9.17, 15) is 18.0 Å². The molecule has 36 heavy (non-hydrogen) atoms. The van der Waals surface area contributed by atoms with Crippen LogP contribution in [0.15, 0.2) is 61.3 Å². The first-order valence-electron chi connectivity index (χ1n) is 11.5. The van der Waals surface area contributed by atoms with Gasteiger partial charge in [0.1, 0.15) is 12.0 Å². The van der Waals surface area contributed by atoms with Crippen molar-refractivity contribution >= 4 is 11.6 Å². The number of amides is 1. The van der Waals surface area contributed by atoms with Crippen molar-refractivity contribution in [3.05, 3.63) is 89.5 Å². The molecular formula is C25H22F3N7O. The fourth-order valence-corrected chi connectivity index (χ4v) is 4.15. The Morgan fingerprint density at radius 3 is 2.47 bits per heavy atom. The summed E-state index contributed by atoms with van der Waals surface area (Å²) in [5.41, 5.74) is -0.508. The Balaban J connectivity index is 1.60. The number of nitrogens with zero attached hydrogens (tertiary/aromatic N) is 6. The number of aromatic nitrogens is 6. The molecule has 4 aromatic rings. The Kier molecular flexibility index (Phi) is 6.21. The maximum atomic E-state index is 14.6. The van der Waals surface area contributed by atoms with E-state index in [2.05, 4.69) is 30.4 Å². The van der Waals surface area contributed by atoms with Crippen molar-refractivity contribution < 1.29 is 18.0 Å². The van der Waals surface area contributed by atoms with Gasteiger partial charge in [0.2, 0.25) is 0 Å².